The molecule has 0 spiro atoms. The second-order valence-corrected chi connectivity index (χ2v) is 13.4. The molecule has 2 saturated carbocycles. The van der Waals surface area contributed by atoms with Crippen LogP contribution in [0.4, 0.5) is 0 Å². The van der Waals surface area contributed by atoms with Gasteiger partial charge in [0.05, 0.1) is 28.1 Å². The summed E-state index contributed by atoms with van der Waals surface area (Å²) in [5.41, 5.74) is -4.20. The smallest absolute Gasteiger partial charge is 0.338 e. The van der Waals surface area contributed by atoms with Crippen LogP contribution in [0.15, 0.2) is 53.6 Å². The van der Waals surface area contributed by atoms with Gasteiger partial charge in [-0.2, -0.15) is 0 Å². The van der Waals surface area contributed by atoms with Gasteiger partial charge < -0.3 is 33.9 Å². The van der Waals surface area contributed by atoms with Crippen LogP contribution >= 0.6 is 0 Å². The maximum Gasteiger partial charge on any atom is 0.338 e. The SMILES string of the molecule is C=C1C(O)CC(OC(C)=O)C2(C)C(OC(C)=O)C(OC(=O)c3ccccc3)C3=C(C)C(OC(C)=O)CC3(C(C)(C)O)C(OC(C)=O)C12. The normalized spacial score (nSPS) is 33.5. The van der Waals surface area contributed by atoms with Crippen molar-refractivity contribution in [3.63, 3.8) is 0 Å². The molecule has 0 aliphatic heterocycles. The molecular formula is C35H44O12. The largest absolute Gasteiger partial charge is 0.462 e. The molecule has 47 heavy (non-hydrogen) atoms. The first-order valence-corrected chi connectivity index (χ1v) is 15.5. The summed E-state index contributed by atoms with van der Waals surface area (Å²) in [5, 5.41) is 23.6. The van der Waals surface area contributed by atoms with Crippen LogP contribution in [0.1, 0.15) is 78.6 Å². The first kappa shape index (κ1) is 35.8. The molecule has 3 aliphatic carbocycles. The maximum atomic E-state index is 13.9. The Kier molecular flexibility index (Phi) is 9.81. The van der Waals surface area contributed by atoms with Gasteiger partial charge in [0.25, 0.3) is 0 Å². The van der Waals surface area contributed by atoms with E-state index in [4.69, 9.17) is 23.7 Å². The standard InChI is InChI=1S/C35H44O12/c1-17-24(40)15-26(44-20(4)37)34(9)28(17)30(45-21(5)38)35(33(7,8)42)16-25(43-19(3)36)18(2)27(35)29(31(34)46-22(6)39)47-32(41)23-13-11-10-12-14-23/h10-14,24-26,28-31,40,42H,1,15-16H2,2-9H3. The Morgan fingerprint density at radius 3 is 1.89 bits per heavy atom. The van der Waals surface area contributed by atoms with E-state index in [2.05, 4.69) is 6.58 Å². The maximum absolute atomic E-state index is 13.9. The number of fused-ring (bicyclic) bond motifs is 2. The third kappa shape index (κ3) is 6.20. The molecule has 0 bridgehead atoms. The topological polar surface area (TPSA) is 172 Å². The Bertz CT molecular complexity index is 1490. The van der Waals surface area contributed by atoms with Gasteiger partial charge in [0.15, 0.2) is 12.2 Å². The summed E-state index contributed by atoms with van der Waals surface area (Å²) in [6.07, 6.45) is -8.13. The quantitative estimate of drug-likeness (QED) is 0.249. The number of hydrogen-bond donors (Lipinski definition) is 2. The molecule has 256 valence electrons. The van der Waals surface area contributed by atoms with Gasteiger partial charge in [-0.15, -0.1) is 0 Å². The molecule has 1 aromatic carbocycles. The van der Waals surface area contributed by atoms with Gasteiger partial charge in [0.2, 0.25) is 0 Å². The van der Waals surface area contributed by atoms with E-state index in [0.29, 0.717) is 5.57 Å². The molecule has 0 heterocycles. The lowest BCUT2D eigenvalue weighted by Gasteiger charge is -2.55. The highest BCUT2D eigenvalue weighted by Crippen LogP contribution is 2.66. The molecule has 9 unspecified atom stereocenters. The number of carbonyl (C=O) groups excluding carboxylic acids is 5. The van der Waals surface area contributed by atoms with Crippen molar-refractivity contribution in [1.82, 2.24) is 0 Å². The van der Waals surface area contributed by atoms with Crippen molar-refractivity contribution in [3.05, 3.63) is 59.2 Å². The highest BCUT2D eigenvalue weighted by molar-refractivity contribution is 5.89. The highest BCUT2D eigenvalue weighted by atomic mass is 16.6. The third-order valence-electron chi connectivity index (χ3n) is 10.0. The molecule has 1 aromatic rings. The zero-order chi connectivity index (χ0) is 35.2. The highest BCUT2D eigenvalue weighted by Gasteiger charge is 2.74. The number of carbonyl (C=O) groups is 5. The van der Waals surface area contributed by atoms with Crippen LogP contribution in [0.2, 0.25) is 0 Å². The molecule has 2 fully saturated rings. The van der Waals surface area contributed by atoms with Gasteiger partial charge in [0, 0.05) is 46.5 Å². The minimum absolute atomic E-state index is 0.143. The van der Waals surface area contributed by atoms with E-state index in [1.807, 2.05) is 0 Å². The average molecular weight is 657 g/mol. The molecule has 0 radical (unpaired) electrons. The van der Waals surface area contributed by atoms with Crippen molar-refractivity contribution in [1.29, 1.82) is 0 Å². The molecule has 12 heteroatoms. The minimum atomic E-state index is -1.82. The van der Waals surface area contributed by atoms with Gasteiger partial charge >= 0.3 is 29.8 Å². The average Bonchev–Trinajstić information content (AvgIpc) is 3.21. The Morgan fingerprint density at radius 2 is 1.38 bits per heavy atom. The van der Waals surface area contributed by atoms with Crippen molar-refractivity contribution < 1.29 is 57.9 Å². The molecule has 0 saturated heterocycles. The second-order valence-electron chi connectivity index (χ2n) is 13.4. The van der Waals surface area contributed by atoms with E-state index in [1.165, 1.54) is 46.8 Å². The number of rotatable bonds is 7. The summed E-state index contributed by atoms with van der Waals surface area (Å²) in [4.78, 5) is 64.8. The van der Waals surface area contributed by atoms with Crippen molar-refractivity contribution in [3.8, 4) is 0 Å². The molecule has 12 nitrogen and oxygen atoms in total. The molecule has 2 N–H and O–H groups in total. The van der Waals surface area contributed by atoms with Gasteiger partial charge in [-0.05, 0) is 49.6 Å². The lowest BCUT2D eigenvalue weighted by atomic mass is 9.54. The van der Waals surface area contributed by atoms with Crippen LogP contribution in [0.25, 0.3) is 0 Å². The van der Waals surface area contributed by atoms with Crippen LogP contribution < -0.4 is 0 Å². The zero-order valence-corrected chi connectivity index (χ0v) is 28.0. The molecule has 9 atom stereocenters. The van der Waals surface area contributed by atoms with Crippen molar-refractivity contribution in [2.24, 2.45) is 16.7 Å². The Hall–Kier alpha value is -4.03. The summed E-state index contributed by atoms with van der Waals surface area (Å²) in [6, 6.07) is 8.07. The number of benzene rings is 1. The summed E-state index contributed by atoms with van der Waals surface area (Å²) in [5.74, 6) is -4.85. The number of esters is 5. The van der Waals surface area contributed by atoms with Gasteiger partial charge in [0.1, 0.15) is 18.3 Å². The van der Waals surface area contributed by atoms with Crippen LogP contribution in [0, 0.1) is 16.7 Å². The number of hydrogen-bond acceptors (Lipinski definition) is 12. The Labute approximate surface area is 274 Å². The third-order valence-corrected chi connectivity index (χ3v) is 10.0. The van der Waals surface area contributed by atoms with Crippen LogP contribution in [-0.4, -0.2) is 82.3 Å². The van der Waals surface area contributed by atoms with Gasteiger partial charge in [-0.1, -0.05) is 31.7 Å². The molecule has 0 amide bonds. The van der Waals surface area contributed by atoms with E-state index < -0.39 is 88.8 Å². The first-order chi connectivity index (χ1) is 21.8. The zero-order valence-electron chi connectivity index (χ0n) is 28.0. The number of aliphatic hydroxyl groups is 2. The summed E-state index contributed by atoms with van der Waals surface area (Å²) in [7, 11) is 0. The monoisotopic (exact) mass is 656 g/mol. The fraction of sp³-hybridized carbons (Fsp3) is 0.571. The summed E-state index contributed by atoms with van der Waals surface area (Å²) in [6.45, 7) is 15.2. The fourth-order valence-electron chi connectivity index (χ4n) is 8.11. The van der Waals surface area contributed by atoms with E-state index >= 15 is 0 Å². The summed E-state index contributed by atoms with van der Waals surface area (Å²) < 4.78 is 30.1. The van der Waals surface area contributed by atoms with E-state index in [-0.39, 0.29) is 29.6 Å². The summed E-state index contributed by atoms with van der Waals surface area (Å²) >= 11 is 0. The van der Waals surface area contributed by atoms with Crippen molar-refractivity contribution in [2.45, 2.75) is 110 Å². The lowest BCUT2D eigenvalue weighted by molar-refractivity contribution is -0.214. The van der Waals surface area contributed by atoms with E-state index in [9.17, 15) is 34.2 Å². The molecule has 0 aromatic heterocycles. The molecule has 3 aliphatic rings. The molecular weight excluding hydrogens is 612 g/mol. The lowest BCUT2D eigenvalue weighted by Crippen LogP contribution is -2.64. The number of ether oxygens (including phenoxy) is 5. The van der Waals surface area contributed by atoms with Crippen LogP contribution in [0.5, 0.6) is 0 Å². The van der Waals surface area contributed by atoms with Gasteiger partial charge in [-0.3, -0.25) is 19.2 Å². The van der Waals surface area contributed by atoms with Crippen molar-refractivity contribution >= 4 is 29.8 Å². The van der Waals surface area contributed by atoms with Gasteiger partial charge in [-0.25, -0.2) is 4.79 Å². The second kappa shape index (κ2) is 12.9. The fourth-order valence-corrected chi connectivity index (χ4v) is 8.11. The first-order valence-electron chi connectivity index (χ1n) is 15.5. The Morgan fingerprint density at radius 1 is 0.851 bits per heavy atom. The predicted molar refractivity (Wildman–Crippen MR) is 165 cm³/mol. The molecule has 4 rings (SSSR count). The van der Waals surface area contributed by atoms with E-state index in [0.717, 1.165) is 6.92 Å². The van der Waals surface area contributed by atoms with Crippen LogP contribution in [-0.2, 0) is 42.9 Å². The van der Waals surface area contributed by atoms with E-state index in [1.54, 1.807) is 32.0 Å². The number of aliphatic hydroxyl groups excluding tert-OH is 1. The Balaban J connectivity index is 2.19. The van der Waals surface area contributed by atoms with Crippen molar-refractivity contribution in [2.75, 3.05) is 0 Å². The van der Waals surface area contributed by atoms with Crippen LogP contribution in [0.3, 0.4) is 0 Å². The minimum Gasteiger partial charge on any atom is -0.462 e. The predicted octanol–water partition coefficient (Wildman–Crippen LogP) is 3.37.